The van der Waals surface area contributed by atoms with Crippen LogP contribution < -0.4 is 10.6 Å². The number of rotatable bonds is 5. The molecule has 0 bridgehead atoms. The number of benzene rings is 1. The Balaban J connectivity index is 2.00. The summed E-state index contributed by atoms with van der Waals surface area (Å²) in [5, 5.41) is 24.1. The number of hydrogen-bond acceptors (Lipinski definition) is 6. The third-order valence-corrected chi connectivity index (χ3v) is 3.10. The van der Waals surface area contributed by atoms with Gasteiger partial charge in [0.1, 0.15) is 6.04 Å². The van der Waals surface area contributed by atoms with Gasteiger partial charge in [-0.15, -0.1) is 0 Å². The fourth-order valence-electron chi connectivity index (χ4n) is 2.04. The SMILES string of the molecule is COC(=O)C1Cc2ccc(NCC(O)CO)cc2N1. The molecular weight excluding hydrogens is 248 g/mol. The van der Waals surface area contributed by atoms with E-state index in [0.29, 0.717) is 6.42 Å². The minimum absolute atomic E-state index is 0.274. The lowest BCUT2D eigenvalue weighted by Gasteiger charge is -2.11. The number of hydrogen-bond donors (Lipinski definition) is 4. The van der Waals surface area contributed by atoms with Gasteiger partial charge in [-0.05, 0) is 17.7 Å². The molecule has 6 heteroatoms. The molecule has 104 valence electrons. The summed E-state index contributed by atoms with van der Waals surface area (Å²) >= 11 is 0. The van der Waals surface area contributed by atoms with Crippen LogP contribution in [0.2, 0.25) is 0 Å². The van der Waals surface area contributed by atoms with Crippen molar-refractivity contribution in [3.63, 3.8) is 0 Å². The number of ether oxygens (including phenoxy) is 1. The molecule has 6 nitrogen and oxygen atoms in total. The fraction of sp³-hybridized carbons (Fsp3) is 0.462. The molecule has 0 radical (unpaired) electrons. The van der Waals surface area contributed by atoms with Gasteiger partial charge >= 0.3 is 5.97 Å². The van der Waals surface area contributed by atoms with Crippen molar-refractivity contribution in [1.82, 2.24) is 0 Å². The average Bonchev–Trinajstić information content (AvgIpc) is 2.86. The van der Waals surface area contributed by atoms with E-state index in [2.05, 4.69) is 10.6 Å². The summed E-state index contributed by atoms with van der Waals surface area (Å²) < 4.78 is 4.71. The van der Waals surface area contributed by atoms with Crippen LogP contribution in [-0.2, 0) is 16.0 Å². The Bertz CT molecular complexity index is 464. The molecule has 1 aliphatic heterocycles. The Hall–Kier alpha value is -1.79. The molecule has 0 saturated carbocycles. The molecule has 0 fully saturated rings. The van der Waals surface area contributed by atoms with Gasteiger partial charge in [-0.3, -0.25) is 0 Å². The average molecular weight is 266 g/mol. The van der Waals surface area contributed by atoms with Gasteiger partial charge in [0.2, 0.25) is 0 Å². The van der Waals surface area contributed by atoms with Crippen molar-refractivity contribution in [3.05, 3.63) is 23.8 Å². The lowest BCUT2D eigenvalue weighted by molar-refractivity contribution is -0.141. The summed E-state index contributed by atoms with van der Waals surface area (Å²) in [5.41, 5.74) is 2.77. The normalized spacial score (nSPS) is 18.4. The lowest BCUT2D eigenvalue weighted by atomic mass is 10.1. The maximum absolute atomic E-state index is 11.5. The zero-order chi connectivity index (χ0) is 13.8. The maximum atomic E-state index is 11.5. The van der Waals surface area contributed by atoms with Crippen molar-refractivity contribution in [1.29, 1.82) is 0 Å². The van der Waals surface area contributed by atoms with E-state index in [0.717, 1.165) is 16.9 Å². The summed E-state index contributed by atoms with van der Waals surface area (Å²) in [7, 11) is 1.37. The number of anilines is 2. The lowest BCUT2D eigenvalue weighted by Crippen LogP contribution is -2.27. The molecule has 1 aliphatic rings. The maximum Gasteiger partial charge on any atom is 0.328 e. The highest BCUT2D eigenvalue weighted by Crippen LogP contribution is 2.29. The molecule has 0 aromatic heterocycles. The van der Waals surface area contributed by atoms with Gasteiger partial charge in [-0.2, -0.15) is 0 Å². The first-order valence-corrected chi connectivity index (χ1v) is 6.14. The zero-order valence-electron chi connectivity index (χ0n) is 10.7. The second kappa shape index (κ2) is 5.90. The smallest absolute Gasteiger partial charge is 0.328 e. The quantitative estimate of drug-likeness (QED) is 0.559. The Morgan fingerprint density at radius 1 is 1.63 bits per heavy atom. The fourth-order valence-corrected chi connectivity index (χ4v) is 2.04. The molecule has 1 heterocycles. The number of aliphatic hydroxyl groups excluding tert-OH is 2. The van der Waals surface area contributed by atoms with Crippen molar-refractivity contribution in [2.24, 2.45) is 0 Å². The summed E-state index contributed by atoms with van der Waals surface area (Å²) in [6.07, 6.45) is -0.175. The number of carbonyl (C=O) groups excluding carboxylic acids is 1. The molecule has 0 amide bonds. The van der Waals surface area contributed by atoms with Gasteiger partial charge in [0.15, 0.2) is 0 Å². The van der Waals surface area contributed by atoms with Gasteiger partial charge in [-0.25, -0.2) is 4.79 Å². The first-order chi connectivity index (χ1) is 9.13. The van der Waals surface area contributed by atoms with E-state index in [1.54, 1.807) is 0 Å². The summed E-state index contributed by atoms with van der Waals surface area (Å²) in [6, 6.07) is 5.35. The van der Waals surface area contributed by atoms with Crippen LogP contribution in [0.3, 0.4) is 0 Å². The Labute approximate surface area is 111 Å². The molecule has 0 spiro atoms. The van der Waals surface area contributed by atoms with E-state index in [1.165, 1.54) is 7.11 Å². The number of carbonyl (C=O) groups is 1. The van der Waals surface area contributed by atoms with Gasteiger partial charge < -0.3 is 25.6 Å². The van der Waals surface area contributed by atoms with Crippen LogP contribution in [0, 0.1) is 0 Å². The van der Waals surface area contributed by atoms with E-state index in [1.807, 2.05) is 18.2 Å². The first-order valence-electron chi connectivity index (χ1n) is 6.14. The van der Waals surface area contributed by atoms with Crippen LogP contribution in [-0.4, -0.2) is 48.6 Å². The van der Waals surface area contributed by atoms with Crippen LogP contribution in [0.15, 0.2) is 18.2 Å². The van der Waals surface area contributed by atoms with Crippen molar-refractivity contribution in [2.45, 2.75) is 18.6 Å². The number of esters is 1. The van der Waals surface area contributed by atoms with Crippen molar-refractivity contribution < 1.29 is 19.7 Å². The van der Waals surface area contributed by atoms with Crippen LogP contribution in [0.1, 0.15) is 5.56 Å². The highest BCUT2D eigenvalue weighted by atomic mass is 16.5. The van der Waals surface area contributed by atoms with E-state index in [9.17, 15) is 9.90 Å². The second-order valence-corrected chi connectivity index (χ2v) is 4.51. The van der Waals surface area contributed by atoms with Gasteiger partial charge in [0, 0.05) is 24.3 Å². The standard InChI is InChI=1S/C13H18N2O4/c1-19-13(18)12-4-8-2-3-9(5-11(8)15-12)14-6-10(17)7-16/h2-3,5,10,12,14-17H,4,6-7H2,1H3. The third-order valence-electron chi connectivity index (χ3n) is 3.10. The van der Waals surface area contributed by atoms with Crippen molar-refractivity contribution >= 4 is 17.3 Å². The van der Waals surface area contributed by atoms with Gasteiger partial charge in [0.25, 0.3) is 0 Å². The summed E-state index contributed by atoms with van der Waals surface area (Å²) in [5.74, 6) is -0.276. The zero-order valence-corrected chi connectivity index (χ0v) is 10.7. The van der Waals surface area contributed by atoms with Crippen LogP contribution in [0.5, 0.6) is 0 Å². The van der Waals surface area contributed by atoms with Crippen molar-refractivity contribution in [3.8, 4) is 0 Å². The highest BCUT2D eigenvalue weighted by molar-refractivity contribution is 5.83. The predicted molar refractivity (Wildman–Crippen MR) is 71.2 cm³/mol. The minimum Gasteiger partial charge on any atom is -0.467 e. The number of nitrogens with one attached hydrogen (secondary N) is 2. The number of aliphatic hydroxyl groups is 2. The van der Waals surface area contributed by atoms with Crippen molar-refractivity contribution in [2.75, 3.05) is 30.9 Å². The first kappa shape index (κ1) is 13.6. The number of fused-ring (bicyclic) bond motifs is 1. The second-order valence-electron chi connectivity index (χ2n) is 4.51. The molecule has 2 rings (SSSR count). The molecule has 19 heavy (non-hydrogen) atoms. The third kappa shape index (κ3) is 3.15. The molecular formula is C13H18N2O4. The molecule has 2 atom stereocenters. The van der Waals surface area contributed by atoms with Gasteiger partial charge in [-0.1, -0.05) is 6.07 Å². The largest absolute Gasteiger partial charge is 0.467 e. The topological polar surface area (TPSA) is 90.8 Å². The Morgan fingerprint density at radius 2 is 2.42 bits per heavy atom. The molecule has 0 saturated heterocycles. The van der Waals surface area contributed by atoms with Crippen LogP contribution in [0.25, 0.3) is 0 Å². The minimum atomic E-state index is -0.788. The van der Waals surface area contributed by atoms with Crippen LogP contribution >= 0.6 is 0 Å². The number of methoxy groups -OCH3 is 1. The predicted octanol–water partition coefficient (Wildman–Crippen LogP) is -0.0387. The van der Waals surface area contributed by atoms with E-state index < -0.39 is 6.10 Å². The molecule has 0 aliphatic carbocycles. The summed E-state index contributed by atoms with van der Waals surface area (Å²) in [4.78, 5) is 11.5. The highest BCUT2D eigenvalue weighted by Gasteiger charge is 2.27. The Morgan fingerprint density at radius 3 is 3.11 bits per heavy atom. The molecule has 1 aromatic rings. The van der Waals surface area contributed by atoms with Gasteiger partial charge in [0.05, 0.1) is 19.8 Å². The molecule has 1 aromatic carbocycles. The van der Waals surface area contributed by atoms with E-state index in [-0.39, 0.29) is 25.2 Å². The molecule has 2 unspecified atom stereocenters. The van der Waals surface area contributed by atoms with Crippen LogP contribution in [0.4, 0.5) is 11.4 Å². The van der Waals surface area contributed by atoms with E-state index in [4.69, 9.17) is 9.84 Å². The monoisotopic (exact) mass is 266 g/mol. The van der Waals surface area contributed by atoms with E-state index >= 15 is 0 Å². The molecule has 4 N–H and O–H groups in total. The Kier molecular flexibility index (Phi) is 4.24. The summed E-state index contributed by atoms with van der Waals surface area (Å²) in [6.45, 7) is -0.00365.